The van der Waals surface area contributed by atoms with Crippen molar-refractivity contribution in [2.45, 2.75) is 116 Å². The molecule has 0 bridgehead atoms. The predicted molar refractivity (Wildman–Crippen MR) is 126 cm³/mol. The molecule has 184 valence electrons. The molecule has 2 saturated heterocycles. The number of unbranched alkanes of at least 4 members (excludes halogenated alkanes) is 4. The molecule has 1 spiro atoms. The zero-order valence-electron chi connectivity index (χ0n) is 20.7. The van der Waals surface area contributed by atoms with Gasteiger partial charge in [-0.15, -0.1) is 0 Å². The molecule has 4 unspecified atom stereocenters. The molecule has 2 aliphatic heterocycles. The molecule has 0 N–H and O–H groups in total. The van der Waals surface area contributed by atoms with Gasteiger partial charge in [-0.3, -0.25) is 0 Å². The molecule has 3 rings (SSSR count). The molecule has 1 saturated carbocycles. The Morgan fingerprint density at radius 2 is 1.84 bits per heavy atom. The van der Waals surface area contributed by atoms with E-state index in [9.17, 15) is 4.79 Å². The normalized spacial score (nSPS) is 30.7. The highest BCUT2D eigenvalue weighted by Gasteiger charge is 2.52. The fraction of sp³-hybridized carbons (Fsp3) is 0.889. The molecule has 0 amide bonds. The van der Waals surface area contributed by atoms with Crippen LogP contribution in [0.5, 0.6) is 0 Å². The molecule has 32 heavy (non-hydrogen) atoms. The maximum atomic E-state index is 11.5. The Morgan fingerprint density at radius 1 is 1.06 bits per heavy atom. The lowest BCUT2D eigenvalue weighted by molar-refractivity contribution is -0.315. The summed E-state index contributed by atoms with van der Waals surface area (Å²) in [5.74, 6) is -0.252. The number of hydrogen-bond donors (Lipinski definition) is 0. The van der Waals surface area contributed by atoms with Gasteiger partial charge < -0.3 is 23.7 Å². The minimum Gasteiger partial charge on any atom is -0.353 e. The molecule has 4 atom stereocenters. The number of carbonyl (C=O) groups is 1. The maximum absolute atomic E-state index is 11.5. The molecule has 0 aromatic rings. The van der Waals surface area contributed by atoms with Gasteiger partial charge in [0, 0.05) is 30.8 Å². The smallest absolute Gasteiger partial charge is 0.172 e. The summed E-state index contributed by atoms with van der Waals surface area (Å²) in [4.78, 5) is 11.5. The number of aldehydes is 1. The first-order chi connectivity index (χ1) is 15.5. The summed E-state index contributed by atoms with van der Waals surface area (Å²) in [6, 6.07) is 0. The predicted octanol–water partition coefficient (Wildman–Crippen LogP) is 6.20. The van der Waals surface area contributed by atoms with Crippen molar-refractivity contribution in [1.82, 2.24) is 0 Å². The minimum absolute atomic E-state index is 0.0294. The average molecular weight is 451 g/mol. The Labute approximate surface area is 195 Å². The van der Waals surface area contributed by atoms with E-state index in [-0.39, 0.29) is 29.6 Å². The lowest BCUT2D eigenvalue weighted by atomic mass is 9.87. The van der Waals surface area contributed by atoms with Crippen molar-refractivity contribution in [1.29, 1.82) is 0 Å². The van der Waals surface area contributed by atoms with E-state index < -0.39 is 5.79 Å². The van der Waals surface area contributed by atoms with Gasteiger partial charge in [0.15, 0.2) is 12.1 Å². The first-order valence-electron chi connectivity index (χ1n) is 13.1. The molecule has 5 nitrogen and oxygen atoms in total. The third kappa shape index (κ3) is 7.38. The summed E-state index contributed by atoms with van der Waals surface area (Å²) in [5.41, 5.74) is 0.0294. The Hall–Kier alpha value is -0.750. The van der Waals surface area contributed by atoms with E-state index in [1.54, 1.807) is 0 Å². The molecular formula is C27H46O5. The van der Waals surface area contributed by atoms with E-state index in [1.807, 2.05) is 0 Å². The topological polar surface area (TPSA) is 54.0 Å². The van der Waals surface area contributed by atoms with Crippen molar-refractivity contribution in [3.63, 3.8) is 0 Å². The van der Waals surface area contributed by atoms with Crippen LogP contribution in [0, 0.1) is 17.3 Å². The SMILES string of the molecule is CCCCCCCC(C=CC1CCC2(OCC(C)(C)CO2)C1CC=O)OC1CCCCO1. The summed E-state index contributed by atoms with van der Waals surface area (Å²) < 4.78 is 24.8. The van der Waals surface area contributed by atoms with E-state index in [1.165, 1.54) is 38.5 Å². The van der Waals surface area contributed by atoms with Gasteiger partial charge in [0.05, 0.1) is 19.3 Å². The quantitative estimate of drug-likeness (QED) is 0.201. The van der Waals surface area contributed by atoms with Gasteiger partial charge in [-0.05, 0) is 38.0 Å². The Kier molecular flexibility index (Phi) is 10.2. The summed E-state index contributed by atoms with van der Waals surface area (Å²) >= 11 is 0. The summed E-state index contributed by atoms with van der Waals surface area (Å²) in [5, 5.41) is 0. The Morgan fingerprint density at radius 3 is 2.53 bits per heavy atom. The first-order valence-corrected chi connectivity index (χ1v) is 13.1. The van der Waals surface area contributed by atoms with Gasteiger partial charge in [-0.25, -0.2) is 0 Å². The second kappa shape index (κ2) is 12.6. The summed E-state index contributed by atoms with van der Waals surface area (Å²) in [7, 11) is 0. The molecule has 2 heterocycles. The number of rotatable bonds is 12. The van der Waals surface area contributed by atoms with Crippen molar-refractivity contribution in [3.8, 4) is 0 Å². The Balaban J connectivity index is 1.61. The van der Waals surface area contributed by atoms with E-state index in [0.717, 1.165) is 45.0 Å². The first kappa shape index (κ1) is 25.9. The molecule has 0 aromatic carbocycles. The van der Waals surface area contributed by atoms with Crippen molar-refractivity contribution in [2.75, 3.05) is 19.8 Å². The molecular weight excluding hydrogens is 404 g/mol. The third-order valence-electron chi connectivity index (χ3n) is 7.30. The van der Waals surface area contributed by atoms with Crippen LogP contribution < -0.4 is 0 Å². The van der Waals surface area contributed by atoms with Crippen LogP contribution >= 0.6 is 0 Å². The van der Waals surface area contributed by atoms with Crippen molar-refractivity contribution in [3.05, 3.63) is 12.2 Å². The third-order valence-corrected chi connectivity index (χ3v) is 7.30. The number of ether oxygens (including phenoxy) is 4. The average Bonchev–Trinajstić information content (AvgIpc) is 3.12. The number of carbonyl (C=O) groups excluding carboxylic acids is 1. The van der Waals surface area contributed by atoms with Crippen molar-refractivity contribution < 1.29 is 23.7 Å². The highest BCUT2D eigenvalue weighted by Crippen LogP contribution is 2.49. The molecule has 0 aromatic heterocycles. The molecule has 3 fully saturated rings. The van der Waals surface area contributed by atoms with Crippen LogP contribution in [-0.4, -0.2) is 44.3 Å². The van der Waals surface area contributed by atoms with Gasteiger partial charge in [0.2, 0.25) is 0 Å². The number of hydrogen-bond acceptors (Lipinski definition) is 5. The van der Waals surface area contributed by atoms with E-state index in [2.05, 4.69) is 32.9 Å². The second-order valence-corrected chi connectivity index (χ2v) is 10.8. The van der Waals surface area contributed by atoms with Gasteiger partial charge in [-0.2, -0.15) is 0 Å². The highest BCUT2D eigenvalue weighted by molar-refractivity contribution is 5.50. The van der Waals surface area contributed by atoms with Crippen LogP contribution in [0.25, 0.3) is 0 Å². The van der Waals surface area contributed by atoms with E-state index in [4.69, 9.17) is 18.9 Å². The Bertz CT molecular complexity index is 571. The fourth-order valence-electron chi connectivity index (χ4n) is 5.28. The van der Waals surface area contributed by atoms with E-state index >= 15 is 0 Å². The molecule has 3 aliphatic rings. The fourth-order valence-corrected chi connectivity index (χ4v) is 5.28. The summed E-state index contributed by atoms with van der Waals surface area (Å²) in [6.45, 7) is 8.74. The largest absolute Gasteiger partial charge is 0.353 e. The molecule has 1 aliphatic carbocycles. The molecule has 0 radical (unpaired) electrons. The van der Waals surface area contributed by atoms with Crippen LogP contribution in [0.3, 0.4) is 0 Å². The second-order valence-electron chi connectivity index (χ2n) is 10.8. The standard InChI is InChI=1S/C27H46O5/c1-4-5-6-7-8-11-23(32-25-12-9-10-19-29-25)14-13-22-15-17-27(24(22)16-18-28)30-20-26(2,3)21-31-27/h13-14,18,22-25H,4-12,15-17,19-21H2,1-3H3. The minimum atomic E-state index is -0.603. The van der Waals surface area contributed by atoms with Gasteiger partial charge >= 0.3 is 0 Å². The van der Waals surface area contributed by atoms with Gasteiger partial charge in [0.25, 0.3) is 0 Å². The lowest BCUT2D eigenvalue weighted by Gasteiger charge is -2.45. The van der Waals surface area contributed by atoms with Crippen LogP contribution in [-0.2, 0) is 23.7 Å². The molecule has 5 heteroatoms. The maximum Gasteiger partial charge on any atom is 0.172 e. The van der Waals surface area contributed by atoms with Gasteiger partial charge in [-0.1, -0.05) is 65.0 Å². The summed E-state index contributed by atoms with van der Waals surface area (Å²) in [6.07, 6.45) is 18.5. The van der Waals surface area contributed by atoms with Crippen molar-refractivity contribution in [2.24, 2.45) is 17.3 Å². The monoisotopic (exact) mass is 450 g/mol. The van der Waals surface area contributed by atoms with E-state index in [0.29, 0.717) is 19.6 Å². The zero-order chi connectivity index (χ0) is 22.9. The van der Waals surface area contributed by atoms with Crippen LogP contribution in [0.4, 0.5) is 0 Å². The zero-order valence-corrected chi connectivity index (χ0v) is 20.7. The van der Waals surface area contributed by atoms with Gasteiger partial charge in [0.1, 0.15) is 6.29 Å². The highest BCUT2D eigenvalue weighted by atomic mass is 16.7. The van der Waals surface area contributed by atoms with Crippen molar-refractivity contribution >= 4 is 6.29 Å². The van der Waals surface area contributed by atoms with Crippen LogP contribution in [0.1, 0.15) is 97.8 Å². The lowest BCUT2D eigenvalue weighted by Crippen LogP contribution is -2.50. The van der Waals surface area contributed by atoms with Crippen LogP contribution in [0.2, 0.25) is 0 Å². The number of allylic oxidation sites excluding steroid dienone is 1. The van der Waals surface area contributed by atoms with Crippen LogP contribution in [0.15, 0.2) is 12.2 Å².